The SMILES string of the molecule is COCCOCCOCCOC(C)OC(=O)C12CC3CC(C1)CC(C(=O)OC(C)OCCOCCOCCOC)(C3)C2. The molecule has 2 unspecified atom stereocenters. The van der Waals surface area contributed by atoms with Crippen LogP contribution in [0.4, 0.5) is 0 Å². The standard InChI is InChI=1S/C30H52O12/c1-23(39-15-13-37-11-9-35-7-5-33-3)41-27(31)29-18-25-17-26(19-29)21-30(20-25,22-29)28(32)42-24(2)40-16-14-38-12-10-36-8-6-34-4/h23-26H,5-22H2,1-4H3. The summed E-state index contributed by atoms with van der Waals surface area (Å²) in [4.78, 5) is 27.0. The van der Waals surface area contributed by atoms with Crippen LogP contribution in [0.5, 0.6) is 0 Å². The highest BCUT2D eigenvalue weighted by atomic mass is 16.7. The van der Waals surface area contributed by atoms with Gasteiger partial charge in [-0.1, -0.05) is 0 Å². The van der Waals surface area contributed by atoms with Crippen molar-refractivity contribution in [2.75, 3.05) is 93.5 Å². The van der Waals surface area contributed by atoms with Gasteiger partial charge in [-0.3, -0.25) is 9.59 Å². The van der Waals surface area contributed by atoms with E-state index in [1.165, 1.54) is 0 Å². The van der Waals surface area contributed by atoms with Gasteiger partial charge in [0.1, 0.15) is 0 Å². The van der Waals surface area contributed by atoms with Gasteiger partial charge in [0.15, 0.2) is 12.6 Å². The van der Waals surface area contributed by atoms with Crippen molar-refractivity contribution in [1.29, 1.82) is 0 Å². The lowest BCUT2D eigenvalue weighted by atomic mass is 9.44. The first-order valence-electron chi connectivity index (χ1n) is 15.3. The van der Waals surface area contributed by atoms with Crippen LogP contribution < -0.4 is 0 Å². The molecule has 4 aliphatic rings. The number of hydrogen-bond acceptors (Lipinski definition) is 12. The van der Waals surface area contributed by atoms with Gasteiger partial charge >= 0.3 is 11.9 Å². The molecule has 0 aliphatic heterocycles. The Morgan fingerprint density at radius 2 is 0.905 bits per heavy atom. The second kappa shape index (κ2) is 18.4. The summed E-state index contributed by atoms with van der Waals surface area (Å²) in [5.74, 6) is 0.0541. The van der Waals surface area contributed by atoms with Crippen LogP contribution in [0.1, 0.15) is 52.4 Å². The molecule has 0 saturated heterocycles. The fourth-order valence-electron chi connectivity index (χ4n) is 6.83. The molecule has 244 valence electrons. The molecule has 12 nitrogen and oxygen atoms in total. The Balaban J connectivity index is 1.37. The molecule has 4 bridgehead atoms. The maximum absolute atomic E-state index is 13.5. The van der Waals surface area contributed by atoms with E-state index in [0.29, 0.717) is 97.5 Å². The Bertz CT molecular complexity index is 718. The van der Waals surface area contributed by atoms with Crippen LogP contribution in [0.25, 0.3) is 0 Å². The minimum atomic E-state index is -0.706. The van der Waals surface area contributed by atoms with Gasteiger partial charge in [0.2, 0.25) is 0 Å². The average molecular weight is 605 g/mol. The van der Waals surface area contributed by atoms with Crippen LogP contribution >= 0.6 is 0 Å². The molecular weight excluding hydrogens is 552 g/mol. The summed E-state index contributed by atoms with van der Waals surface area (Å²) < 4.78 is 54.4. The molecular formula is C30H52O12. The second-order valence-corrected chi connectivity index (χ2v) is 11.6. The molecule has 4 rings (SSSR count). The monoisotopic (exact) mass is 604 g/mol. The molecule has 0 aromatic rings. The van der Waals surface area contributed by atoms with Gasteiger partial charge in [-0.2, -0.15) is 0 Å². The number of carbonyl (C=O) groups is 2. The maximum Gasteiger partial charge on any atom is 0.314 e. The number of rotatable bonds is 24. The van der Waals surface area contributed by atoms with Crippen LogP contribution in [0.3, 0.4) is 0 Å². The fraction of sp³-hybridized carbons (Fsp3) is 0.933. The molecule has 0 aromatic heterocycles. The van der Waals surface area contributed by atoms with Gasteiger partial charge in [0.25, 0.3) is 0 Å². The van der Waals surface area contributed by atoms with E-state index in [1.807, 2.05) is 0 Å². The summed E-state index contributed by atoms with van der Waals surface area (Å²) in [7, 11) is 3.25. The van der Waals surface area contributed by atoms with E-state index in [2.05, 4.69) is 0 Å². The minimum absolute atomic E-state index is 0.276. The number of methoxy groups -OCH3 is 2. The van der Waals surface area contributed by atoms with Crippen molar-refractivity contribution in [1.82, 2.24) is 0 Å². The van der Waals surface area contributed by atoms with Crippen molar-refractivity contribution in [3.63, 3.8) is 0 Å². The van der Waals surface area contributed by atoms with Crippen molar-refractivity contribution in [3.8, 4) is 0 Å². The van der Waals surface area contributed by atoms with Crippen LogP contribution in [0.15, 0.2) is 0 Å². The van der Waals surface area contributed by atoms with Gasteiger partial charge in [-0.25, -0.2) is 0 Å². The highest BCUT2D eigenvalue weighted by molar-refractivity contribution is 5.83. The van der Waals surface area contributed by atoms with Gasteiger partial charge in [-0.15, -0.1) is 0 Å². The summed E-state index contributed by atoms with van der Waals surface area (Å²) in [5.41, 5.74) is -1.36. The quantitative estimate of drug-likeness (QED) is 0.0913. The zero-order valence-electron chi connectivity index (χ0n) is 25.9. The van der Waals surface area contributed by atoms with Gasteiger partial charge in [0.05, 0.1) is 90.1 Å². The fourth-order valence-corrected chi connectivity index (χ4v) is 6.83. The minimum Gasteiger partial charge on any atom is -0.436 e. The van der Waals surface area contributed by atoms with E-state index >= 15 is 0 Å². The van der Waals surface area contributed by atoms with Crippen molar-refractivity contribution >= 4 is 11.9 Å². The van der Waals surface area contributed by atoms with Crippen molar-refractivity contribution in [2.24, 2.45) is 22.7 Å². The zero-order valence-corrected chi connectivity index (χ0v) is 25.9. The predicted octanol–water partition coefficient (Wildman–Crippen LogP) is 2.74. The molecule has 12 heteroatoms. The summed E-state index contributed by atoms with van der Waals surface area (Å²) in [6.07, 6.45) is 3.06. The van der Waals surface area contributed by atoms with Crippen molar-refractivity contribution in [2.45, 2.75) is 65.0 Å². The van der Waals surface area contributed by atoms with E-state index in [0.717, 1.165) is 32.1 Å². The van der Waals surface area contributed by atoms with Gasteiger partial charge < -0.3 is 47.4 Å². The van der Waals surface area contributed by atoms with Gasteiger partial charge in [-0.05, 0) is 64.2 Å². The summed E-state index contributed by atoms with van der Waals surface area (Å²) >= 11 is 0. The largest absolute Gasteiger partial charge is 0.436 e. The summed E-state index contributed by atoms with van der Waals surface area (Å²) in [5, 5.41) is 0. The van der Waals surface area contributed by atoms with Gasteiger partial charge in [0, 0.05) is 14.2 Å². The molecule has 0 aromatic carbocycles. The average Bonchev–Trinajstić information content (AvgIpc) is 2.94. The first kappa shape index (κ1) is 35.1. The van der Waals surface area contributed by atoms with Crippen LogP contribution in [-0.4, -0.2) is 118 Å². The molecule has 0 heterocycles. The number of hydrogen-bond donors (Lipinski definition) is 0. The van der Waals surface area contributed by atoms with Crippen LogP contribution in [-0.2, 0) is 57.0 Å². The first-order valence-corrected chi connectivity index (χ1v) is 15.3. The predicted molar refractivity (Wildman–Crippen MR) is 150 cm³/mol. The summed E-state index contributed by atoms with van der Waals surface area (Å²) in [6, 6.07) is 0. The van der Waals surface area contributed by atoms with E-state index in [9.17, 15) is 9.59 Å². The zero-order chi connectivity index (χ0) is 30.3. The van der Waals surface area contributed by atoms with E-state index in [1.54, 1.807) is 28.1 Å². The van der Waals surface area contributed by atoms with E-state index < -0.39 is 23.4 Å². The Labute approximate surface area is 250 Å². The normalized spacial score (nSPS) is 27.6. The molecule has 0 N–H and O–H groups in total. The van der Waals surface area contributed by atoms with Crippen molar-refractivity contribution < 1.29 is 57.0 Å². The molecule has 42 heavy (non-hydrogen) atoms. The third kappa shape index (κ3) is 11.0. The second-order valence-electron chi connectivity index (χ2n) is 11.6. The highest BCUT2D eigenvalue weighted by Crippen LogP contribution is 2.66. The Hall–Kier alpha value is -1.38. The Kier molecular flexibility index (Phi) is 15.4. The maximum atomic E-state index is 13.5. The highest BCUT2D eigenvalue weighted by Gasteiger charge is 2.64. The lowest BCUT2D eigenvalue weighted by Crippen LogP contribution is -2.58. The Morgan fingerprint density at radius 3 is 1.26 bits per heavy atom. The number of carbonyl (C=O) groups excluding carboxylic acids is 2. The molecule has 0 spiro atoms. The topological polar surface area (TPSA) is 126 Å². The third-order valence-corrected chi connectivity index (χ3v) is 8.24. The van der Waals surface area contributed by atoms with Crippen molar-refractivity contribution in [3.05, 3.63) is 0 Å². The lowest BCUT2D eigenvalue weighted by Gasteiger charge is -2.59. The number of esters is 2. The Morgan fingerprint density at radius 1 is 0.571 bits per heavy atom. The van der Waals surface area contributed by atoms with Crippen LogP contribution in [0, 0.1) is 22.7 Å². The molecule has 0 radical (unpaired) electrons. The third-order valence-electron chi connectivity index (χ3n) is 8.24. The molecule has 0 amide bonds. The van der Waals surface area contributed by atoms with E-state index in [-0.39, 0.29) is 11.9 Å². The summed E-state index contributed by atoms with van der Waals surface area (Å²) in [6.45, 7) is 8.79. The molecule has 4 aliphatic carbocycles. The lowest BCUT2D eigenvalue weighted by molar-refractivity contribution is -0.219. The molecule has 4 saturated carbocycles. The molecule has 4 fully saturated rings. The smallest absolute Gasteiger partial charge is 0.314 e. The van der Waals surface area contributed by atoms with Crippen LogP contribution in [0.2, 0.25) is 0 Å². The number of ether oxygens (including phenoxy) is 10. The van der Waals surface area contributed by atoms with E-state index in [4.69, 9.17) is 47.4 Å². The first-order chi connectivity index (χ1) is 20.3. The molecule has 2 atom stereocenters.